The van der Waals surface area contributed by atoms with E-state index in [0.29, 0.717) is 6.61 Å². The second-order valence-electron chi connectivity index (χ2n) is 5.61. The Balaban J connectivity index is 0.00000364. The number of guanidine groups is 1. The molecule has 7 nitrogen and oxygen atoms in total. The zero-order valence-corrected chi connectivity index (χ0v) is 18.2. The van der Waals surface area contributed by atoms with Crippen molar-refractivity contribution in [2.24, 2.45) is 10.7 Å². The van der Waals surface area contributed by atoms with E-state index in [1.54, 1.807) is 7.11 Å². The Morgan fingerprint density at radius 1 is 1.11 bits per heavy atom. The smallest absolute Gasteiger partial charge is 0.213 e. The van der Waals surface area contributed by atoms with Gasteiger partial charge in [-0.3, -0.25) is 4.99 Å². The third-order valence-corrected chi connectivity index (χ3v) is 4.87. The Kier molecular flexibility index (Phi) is 10.3. The predicted molar refractivity (Wildman–Crippen MR) is 120 cm³/mol. The van der Waals surface area contributed by atoms with Crippen molar-refractivity contribution in [1.82, 2.24) is 4.72 Å². The third kappa shape index (κ3) is 8.69. The van der Waals surface area contributed by atoms with Crippen molar-refractivity contribution in [3.8, 4) is 0 Å². The molecule has 9 heteroatoms. The molecule has 0 spiro atoms. The summed E-state index contributed by atoms with van der Waals surface area (Å²) in [7, 11) is -1.81. The highest BCUT2D eigenvalue weighted by molar-refractivity contribution is 14.0. The van der Waals surface area contributed by atoms with Gasteiger partial charge in [0.25, 0.3) is 0 Å². The molecule has 0 unspecified atom stereocenters. The number of nitrogens with zero attached hydrogens (tertiary/aromatic N) is 1. The van der Waals surface area contributed by atoms with E-state index in [-0.39, 0.29) is 48.8 Å². The minimum absolute atomic E-state index is 0. The lowest BCUT2D eigenvalue weighted by atomic mass is 10.2. The van der Waals surface area contributed by atoms with E-state index in [1.807, 2.05) is 54.6 Å². The van der Waals surface area contributed by atoms with E-state index in [9.17, 15) is 8.42 Å². The summed E-state index contributed by atoms with van der Waals surface area (Å²) in [6, 6.07) is 16.9. The highest BCUT2D eigenvalue weighted by atomic mass is 127. The standard InChI is InChI=1S/C18H24N4O3S.HI/c1-25-14-16-9-5-6-10-17(16)22-18(19)20-11-12-26(23,24)21-13-15-7-3-2-4-8-15;/h2-10,21H,11-14H2,1H3,(H3,19,20,22);1H. The Morgan fingerprint density at radius 2 is 1.78 bits per heavy atom. The number of nitrogens with two attached hydrogens (primary N) is 1. The number of methoxy groups -OCH3 is 1. The Labute approximate surface area is 177 Å². The monoisotopic (exact) mass is 504 g/mol. The zero-order valence-electron chi connectivity index (χ0n) is 15.1. The van der Waals surface area contributed by atoms with E-state index < -0.39 is 10.0 Å². The summed E-state index contributed by atoms with van der Waals surface area (Å²) in [6.07, 6.45) is 0. The highest BCUT2D eigenvalue weighted by Crippen LogP contribution is 2.15. The third-order valence-electron chi connectivity index (χ3n) is 3.56. The molecule has 0 radical (unpaired) electrons. The van der Waals surface area contributed by atoms with Crippen LogP contribution in [0.25, 0.3) is 0 Å². The second kappa shape index (κ2) is 11.9. The van der Waals surface area contributed by atoms with Crippen molar-refractivity contribution in [3.63, 3.8) is 0 Å². The van der Waals surface area contributed by atoms with Gasteiger partial charge in [0.05, 0.1) is 18.9 Å². The van der Waals surface area contributed by atoms with Gasteiger partial charge in [-0.25, -0.2) is 13.1 Å². The number of hydrogen-bond acceptors (Lipinski definition) is 4. The second-order valence-corrected chi connectivity index (χ2v) is 7.53. The molecular formula is C18H25IN4O3S. The maximum absolute atomic E-state index is 12.0. The van der Waals surface area contributed by atoms with Gasteiger partial charge in [0.15, 0.2) is 5.96 Å². The number of sulfonamides is 1. The summed E-state index contributed by atoms with van der Waals surface area (Å²) in [6.45, 7) is 0.759. The first kappa shape index (κ1) is 23.3. The predicted octanol–water partition coefficient (Wildman–Crippen LogP) is 2.30. The average Bonchev–Trinajstić information content (AvgIpc) is 2.63. The molecule has 0 aliphatic rings. The molecule has 0 saturated carbocycles. The lowest BCUT2D eigenvalue weighted by molar-refractivity contribution is 0.185. The van der Waals surface area contributed by atoms with Crippen LogP contribution in [0.4, 0.5) is 5.69 Å². The number of halogens is 1. The molecule has 148 valence electrons. The van der Waals surface area contributed by atoms with Crippen molar-refractivity contribution in [2.45, 2.75) is 13.2 Å². The molecule has 0 saturated heterocycles. The van der Waals surface area contributed by atoms with Crippen LogP contribution in [0.1, 0.15) is 11.1 Å². The van der Waals surface area contributed by atoms with E-state index >= 15 is 0 Å². The van der Waals surface area contributed by atoms with Crippen LogP contribution >= 0.6 is 24.0 Å². The molecule has 0 amide bonds. The topological polar surface area (TPSA) is 106 Å². The van der Waals surface area contributed by atoms with Crippen LogP contribution in [-0.4, -0.2) is 33.8 Å². The fourth-order valence-electron chi connectivity index (χ4n) is 2.25. The molecule has 0 bridgehead atoms. The molecule has 0 atom stereocenters. The Morgan fingerprint density at radius 3 is 2.48 bits per heavy atom. The summed E-state index contributed by atoms with van der Waals surface area (Å²) in [5.74, 6) is 0.0221. The molecule has 0 heterocycles. The van der Waals surface area contributed by atoms with Crippen molar-refractivity contribution in [3.05, 3.63) is 65.7 Å². The van der Waals surface area contributed by atoms with Crippen LogP contribution in [0, 0.1) is 0 Å². The molecule has 2 rings (SSSR count). The first-order valence-electron chi connectivity index (χ1n) is 8.15. The minimum atomic E-state index is -3.43. The first-order chi connectivity index (χ1) is 12.5. The molecular weight excluding hydrogens is 479 g/mol. The van der Waals surface area contributed by atoms with Gasteiger partial charge in [0.2, 0.25) is 10.0 Å². The van der Waals surface area contributed by atoms with Crippen LogP contribution in [0.3, 0.4) is 0 Å². The molecule has 0 aromatic heterocycles. The number of aliphatic imine (C=N–C) groups is 1. The SMILES string of the molecule is COCc1ccccc1NC(N)=NCCS(=O)(=O)NCc1ccccc1.I. The normalized spacial score (nSPS) is 11.7. The maximum atomic E-state index is 12.0. The van der Waals surface area contributed by atoms with Crippen molar-refractivity contribution in [2.75, 3.05) is 24.7 Å². The van der Waals surface area contributed by atoms with Crippen molar-refractivity contribution in [1.29, 1.82) is 0 Å². The molecule has 0 aliphatic carbocycles. The van der Waals surface area contributed by atoms with E-state index in [2.05, 4.69) is 15.0 Å². The summed E-state index contributed by atoms with van der Waals surface area (Å²) >= 11 is 0. The van der Waals surface area contributed by atoms with Crippen LogP contribution in [-0.2, 0) is 27.9 Å². The van der Waals surface area contributed by atoms with Crippen LogP contribution < -0.4 is 15.8 Å². The van der Waals surface area contributed by atoms with E-state index in [1.165, 1.54) is 0 Å². The van der Waals surface area contributed by atoms with Crippen LogP contribution in [0.2, 0.25) is 0 Å². The summed E-state index contributed by atoms with van der Waals surface area (Å²) in [5, 5.41) is 2.97. The molecule has 0 aliphatic heterocycles. The first-order valence-corrected chi connectivity index (χ1v) is 9.80. The van der Waals surface area contributed by atoms with Gasteiger partial charge in [-0.2, -0.15) is 0 Å². The molecule has 27 heavy (non-hydrogen) atoms. The van der Waals surface area contributed by atoms with Gasteiger partial charge in [-0.1, -0.05) is 48.5 Å². The fraction of sp³-hybridized carbons (Fsp3) is 0.278. The fourth-order valence-corrected chi connectivity index (χ4v) is 3.11. The van der Waals surface area contributed by atoms with Gasteiger partial charge >= 0.3 is 0 Å². The van der Waals surface area contributed by atoms with Crippen molar-refractivity contribution >= 4 is 45.6 Å². The number of ether oxygens (including phenoxy) is 1. The summed E-state index contributed by atoms with van der Waals surface area (Å²) in [4.78, 5) is 4.08. The largest absolute Gasteiger partial charge is 0.380 e. The van der Waals surface area contributed by atoms with Gasteiger partial charge in [-0.05, 0) is 11.6 Å². The lowest BCUT2D eigenvalue weighted by Gasteiger charge is -2.11. The van der Waals surface area contributed by atoms with E-state index in [4.69, 9.17) is 10.5 Å². The zero-order chi connectivity index (χ0) is 18.8. The number of benzene rings is 2. The molecule has 0 fully saturated rings. The number of anilines is 1. The Bertz CT molecular complexity index is 830. The van der Waals surface area contributed by atoms with E-state index in [0.717, 1.165) is 16.8 Å². The summed E-state index contributed by atoms with van der Waals surface area (Å²) in [5.41, 5.74) is 8.46. The molecule has 4 N–H and O–H groups in total. The van der Waals surface area contributed by atoms with Gasteiger partial charge < -0.3 is 15.8 Å². The van der Waals surface area contributed by atoms with Crippen LogP contribution in [0.5, 0.6) is 0 Å². The molecule has 2 aromatic rings. The Hall–Kier alpha value is -1.69. The summed E-state index contributed by atoms with van der Waals surface area (Å²) < 4.78 is 31.7. The van der Waals surface area contributed by atoms with Gasteiger partial charge in [0.1, 0.15) is 0 Å². The van der Waals surface area contributed by atoms with Gasteiger partial charge in [0, 0.05) is 24.9 Å². The number of rotatable bonds is 9. The van der Waals surface area contributed by atoms with Crippen LogP contribution in [0.15, 0.2) is 59.6 Å². The lowest BCUT2D eigenvalue weighted by Crippen LogP contribution is -2.29. The van der Waals surface area contributed by atoms with Crippen molar-refractivity contribution < 1.29 is 13.2 Å². The highest BCUT2D eigenvalue weighted by Gasteiger charge is 2.09. The minimum Gasteiger partial charge on any atom is -0.380 e. The molecule has 2 aromatic carbocycles. The average molecular weight is 504 g/mol. The van der Waals surface area contributed by atoms with Gasteiger partial charge in [-0.15, -0.1) is 24.0 Å². The number of para-hydroxylation sites is 1. The number of hydrogen-bond donors (Lipinski definition) is 3. The maximum Gasteiger partial charge on any atom is 0.213 e. The quantitative estimate of drug-likeness (QED) is 0.276. The number of nitrogens with one attached hydrogen (secondary N) is 2.